The quantitative estimate of drug-likeness (QED) is 0.596. The summed E-state index contributed by atoms with van der Waals surface area (Å²) < 4.78 is 6.96. The Balaban J connectivity index is 1.79. The van der Waals surface area contributed by atoms with Gasteiger partial charge in [0, 0.05) is 24.2 Å². The lowest BCUT2D eigenvalue weighted by Gasteiger charge is -2.15. The molecule has 2 rings (SSSR count). The molecule has 1 aromatic rings. The van der Waals surface area contributed by atoms with E-state index in [1.807, 2.05) is 0 Å². The molecule has 94 valence electrons. The van der Waals surface area contributed by atoms with Gasteiger partial charge in [0.25, 0.3) is 0 Å². The Bertz CT molecular complexity index is 387. The van der Waals surface area contributed by atoms with Crippen LogP contribution in [0.25, 0.3) is 0 Å². The third kappa shape index (κ3) is 3.28. The van der Waals surface area contributed by atoms with Crippen LogP contribution in [0.4, 0.5) is 0 Å². The van der Waals surface area contributed by atoms with E-state index in [2.05, 4.69) is 21.6 Å². The number of esters is 1. The van der Waals surface area contributed by atoms with Gasteiger partial charge in [-0.2, -0.15) is 0 Å². The predicted octanol–water partition coefficient (Wildman–Crippen LogP) is 2.27. The van der Waals surface area contributed by atoms with Gasteiger partial charge in [0.2, 0.25) is 0 Å². The second-order valence-electron chi connectivity index (χ2n) is 4.32. The molecule has 1 heterocycles. The lowest BCUT2D eigenvalue weighted by Crippen LogP contribution is -2.10. The molecule has 1 aliphatic carbocycles. The fourth-order valence-electron chi connectivity index (χ4n) is 2.28. The van der Waals surface area contributed by atoms with Crippen LogP contribution in [0.15, 0.2) is 12.3 Å². The van der Waals surface area contributed by atoms with Crippen molar-refractivity contribution in [3.05, 3.63) is 23.5 Å². The summed E-state index contributed by atoms with van der Waals surface area (Å²) in [6.45, 7) is 0.997. The molecular formula is C13H19NO2S. The highest BCUT2D eigenvalue weighted by atomic mass is 32.2. The lowest BCUT2D eigenvalue weighted by molar-refractivity contribution is -0.137. The molecule has 0 spiro atoms. The molecule has 0 N–H and O–H groups in total. The summed E-state index contributed by atoms with van der Waals surface area (Å²) in [6.07, 6.45) is 7.27. The van der Waals surface area contributed by atoms with E-state index in [9.17, 15) is 4.79 Å². The maximum atomic E-state index is 11.0. The highest BCUT2D eigenvalue weighted by Crippen LogP contribution is 2.22. The van der Waals surface area contributed by atoms with Crippen molar-refractivity contribution in [3.63, 3.8) is 0 Å². The minimum absolute atomic E-state index is 0.135. The molecule has 0 atom stereocenters. The van der Waals surface area contributed by atoms with E-state index in [1.54, 1.807) is 11.8 Å². The molecule has 0 aliphatic heterocycles. The predicted molar refractivity (Wildman–Crippen MR) is 70.4 cm³/mol. The number of hydrogen-bond donors (Lipinski definition) is 0. The average Bonchev–Trinajstić information content (AvgIpc) is 2.78. The van der Waals surface area contributed by atoms with Crippen LogP contribution in [0.3, 0.4) is 0 Å². The zero-order valence-electron chi connectivity index (χ0n) is 10.3. The van der Waals surface area contributed by atoms with E-state index >= 15 is 0 Å². The van der Waals surface area contributed by atoms with E-state index in [4.69, 9.17) is 0 Å². The highest BCUT2D eigenvalue weighted by Gasteiger charge is 2.13. The Morgan fingerprint density at radius 3 is 3.12 bits per heavy atom. The number of aromatic nitrogens is 1. The minimum Gasteiger partial charge on any atom is -0.468 e. The molecule has 4 heteroatoms. The fraction of sp³-hybridized carbons (Fsp3) is 0.615. The molecule has 0 amide bonds. The molecule has 3 nitrogen and oxygen atoms in total. The Morgan fingerprint density at radius 2 is 2.29 bits per heavy atom. The number of rotatable bonds is 5. The summed E-state index contributed by atoms with van der Waals surface area (Å²) in [6, 6.07) is 2.25. The highest BCUT2D eigenvalue weighted by molar-refractivity contribution is 7.99. The van der Waals surface area contributed by atoms with Gasteiger partial charge in [-0.15, -0.1) is 11.8 Å². The summed E-state index contributed by atoms with van der Waals surface area (Å²) in [4.78, 5) is 11.0. The second-order valence-corrected chi connectivity index (χ2v) is 5.42. The molecule has 0 saturated heterocycles. The van der Waals surface area contributed by atoms with Gasteiger partial charge < -0.3 is 9.30 Å². The molecule has 1 aromatic heterocycles. The third-order valence-electron chi connectivity index (χ3n) is 3.21. The minimum atomic E-state index is -0.135. The smallest absolute Gasteiger partial charge is 0.315 e. The average molecular weight is 253 g/mol. The van der Waals surface area contributed by atoms with E-state index < -0.39 is 0 Å². The molecule has 0 radical (unpaired) electrons. The zero-order chi connectivity index (χ0) is 12.1. The lowest BCUT2D eigenvalue weighted by atomic mass is 9.98. The number of fused-ring (bicyclic) bond motifs is 1. The number of methoxy groups -OCH3 is 1. The van der Waals surface area contributed by atoms with Gasteiger partial charge >= 0.3 is 5.97 Å². The zero-order valence-corrected chi connectivity index (χ0v) is 11.1. The first kappa shape index (κ1) is 12.6. The molecule has 0 fully saturated rings. The van der Waals surface area contributed by atoms with E-state index in [0.29, 0.717) is 5.75 Å². The van der Waals surface area contributed by atoms with E-state index in [-0.39, 0.29) is 5.97 Å². The standard InChI is InChI=1S/C13H19NO2S/c1-16-13(15)10-17-9-8-14-7-6-11-4-2-3-5-12(11)14/h6-7H,2-5,8-10H2,1H3. The second kappa shape index (κ2) is 6.15. The largest absolute Gasteiger partial charge is 0.468 e. The van der Waals surface area contributed by atoms with Crippen molar-refractivity contribution in [1.82, 2.24) is 4.57 Å². The van der Waals surface area contributed by atoms with Crippen LogP contribution in [0.2, 0.25) is 0 Å². The Hall–Kier alpha value is -0.900. The van der Waals surface area contributed by atoms with Crippen LogP contribution in [0.5, 0.6) is 0 Å². The van der Waals surface area contributed by atoms with Gasteiger partial charge in [-0.05, 0) is 37.3 Å². The van der Waals surface area contributed by atoms with Crippen LogP contribution in [0.1, 0.15) is 24.1 Å². The molecule has 17 heavy (non-hydrogen) atoms. The number of nitrogens with zero attached hydrogens (tertiary/aromatic N) is 1. The first-order chi connectivity index (χ1) is 8.31. The number of carbonyl (C=O) groups is 1. The number of aryl methyl sites for hydroxylation is 2. The monoisotopic (exact) mass is 253 g/mol. The number of hydrogen-bond acceptors (Lipinski definition) is 3. The maximum absolute atomic E-state index is 11.0. The first-order valence-electron chi connectivity index (χ1n) is 6.12. The van der Waals surface area contributed by atoms with Gasteiger partial charge in [0.05, 0.1) is 12.9 Å². The van der Waals surface area contributed by atoms with Crippen LogP contribution < -0.4 is 0 Å². The molecule has 0 saturated carbocycles. The van der Waals surface area contributed by atoms with Gasteiger partial charge in [-0.1, -0.05) is 0 Å². The normalized spacial score (nSPS) is 14.4. The Labute approximate surface area is 107 Å². The van der Waals surface area contributed by atoms with Crippen molar-refractivity contribution in [2.75, 3.05) is 18.6 Å². The Morgan fingerprint density at radius 1 is 1.47 bits per heavy atom. The molecule has 0 bridgehead atoms. The van der Waals surface area contributed by atoms with Crippen molar-refractivity contribution in [2.45, 2.75) is 32.2 Å². The summed E-state index contributed by atoms with van der Waals surface area (Å²) in [5.74, 6) is 1.29. The van der Waals surface area contributed by atoms with Gasteiger partial charge in [0.1, 0.15) is 0 Å². The third-order valence-corrected chi connectivity index (χ3v) is 4.12. The number of ether oxygens (including phenoxy) is 1. The van der Waals surface area contributed by atoms with Crippen LogP contribution in [0, 0.1) is 0 Å². The van der Waals surface area contributed by atoms with Crippen LogP contribution in [-0.2, 0) is 28.9 Å². The van der Waals surface area contributed by atoms with Crippen molar-refractivity contribution in [3.8, 4) is 0 Å². The number of thioether (sulfide) groups is 1. The van der Waals surface area contributed by atoms with Crippen molar-refractivity contribution < 1.29 is 9.53 Å². The number of carbonyl (C=O) groups excluding carboxylic acids is 1. The van der Waals surface area contributed by atoms with Gasteiger partial charge in [-0.3, -0.25) is 4.79 Å². The Kier molecular flexibility index (Phi) is 4.54. The van der Waals surface area contributed by atoms with Gasteiger partial charge in [-0.25, -0.2) is 0 Å². The van der Waals surface area contributed by atoms with Crippen molar-refractivity contribution >= 4 is 17.7 Å². The molecule has 0 aromatic carbocycles. The first-order valence-corrected chi connectivity index (χ1v) is 7.28. The van der Waals surface area contributed by atoms with Crippen LogP contribution in [-0.4, -0.2) is 29.2 Å². The maximum Gasteiger partial charge on any atom is 0.315 e. The molecule has 1 aliphatic rings. The van der Waals surface area contributed by atoms with E-state index in [1.165, 1.54) is 44.1 Å². The molecular weight excluding hydrogens is 234 g/mol. The van der Waals surface area contributed by atoms with Gasteiger partial charge in [0.15, 0.2) is 0 Å². The summed E-state index contributed by atoms with van der Waals surface area (Å²) >= 11 is 1.64. The van der Waals surface area contributed by atoms with E-state index in [0.717, 1.165) is 12.3 Å². The summed E-state index contributed by atoms with van der Waals surface area (Å²) in [5.41, 5.74) is 3.03. The SMILES string of the molecule is COC(=O)CSCCn1ccc2c1CCCC2. The van der Waals surface area contributed by atoms with Crippen molar-refractivity contribution in [1.29, 1.82) is 0 Å². The van der Waals surface area contributed by atoms with Crippen molar-refractivity contribution in [2.24, 2.45) is 0 Å². The summed E-state index contributed by atoms with van der Waals surface area (Å²) in [7, 11) is 1.44. The molecule has 0 unspecified atom stereocenters. The fourth-order valence-corrected chi connectivity index (χ4v) is 3.03. The van der Waals surface area contributed by atoms with Crippen LogP contribution >= 0.6 is 11.8 Å². The topological polar surface area (TPSA) is 31.2 Å². The summed E-state index contributed by atoms with van der Waals surface area (Å²) in [5, 5.41) is 0.